The first-order valence-corrected chi connectivity index (χ1v) is 10.7. The fourth-order valence-electron chi connectivity index (χ4n) is 3.75. The van der Waals surface area contributed by atoms with Crippen LogP contribution in [0, 0.1) is 5.92 Å². The second-order valence-electron chi connectivity index (χ2n) is 7.41. The molecule has 30 heavy (non-hydrogen) atoms. The van der Waals surface area contributed by atoms with Gasteiger partial charge in [0.15, 0.2) is 0 Å². The largest absolute Gasteiger partial charge is 0.493 e. The van der Waals surface area contributed by atoms with Gasteiger partial charge in [0.25, 0.3) is 0 Å². The maximum absolute atomic E-state index is 11.0. The number of para-hydroxylation sites is 1. The quantitative estimate of drug-likeness (QED) is 0.430. The molecule has 2 unspecified atom stereocenters. The Morgan fingerprint density at radius 2 is 1.80 bits per heavy atom. The summed E-state index contributed by atoms with van der Waals surface area (Å²) in [6.07, 6.45) is 0.198. The number of benzene rings is 3. The van der Waals surface area contributed by atoms with Crippen molar-refractivity contribution in [1.82, 2.24) is 4.98 Å². The second kappa shape index (κ2) is 8.38. The zero-order valence-corrected chi connectivity index (χ0v) is 17.1. The second-order valence-corrected chi connectivity index (χ2v) is 8.22. The number of hydrogen-bond donors (Lipinski definition) is 1. The van der Waals surface area contributed by atoms with Crippen molar-refractivity contribution >= 4 is 22.9 Å². The lowest BCUT2D eigenvalue weighted by Crippen LogP contribution is -2.27. The van der Waals surface area contributed by atoms with E-state index in [0.717, 1.165) is 33.5 Å². The molecule has 4 aromatic rings. The van der Waals surface area contributed by atoms with Crippen LogP contribution in [0.25, 0.3) is 10.9 Å². The number of hydrogen-bond acceptors (Lipinski definition) is 5. The molecule has 1 aromatic heterocycles. The summed E-state index contributed by atoms with van der Waals surface area (Å²) in [5.41, 5.74) is 2.90. The van der Waals surface area contributed by atoms with Crippen molar-refractivity contribution < 1.29 is 14.0 Å². The molecule has 5 heteroatoms. The first-order chi connectivity index (χ1) is 14.8. The highest BCUT2D eigenvalue weighted by Crippen LogP contribution is 2.39. The van der Waals surface area contributed by atoms with Crippen LogP contribution in [-0.4, -0.2) is 16.7 Å². The molecule has 1 N–H and O–H groups in total. The van der Waals surface area contributed by atoms with Gasteiger partial charge in [-0.2, -0.15) is 0 Å². The van der Waals surface area contributed by atoms with Gasteiger partial charge in [-0.25, -0.2) is 4.98 Å². The lowest BCUT2D eigenvalue weighted by Gasteiger charge is -2.30. The summed E-state index contributed by atoms with van der Waals surface area (Å²) >= 11 is 1.23. The third kappa shape index (κ3) is 3.99. The lowest BCUT2D eigenvalue weighted by atomic mass is 9.88. The molecule has 2 atom stereocenters. The molecular weight excluding hydrogens is 394 g/mol. The van der Waals surface area contributed by atoms with Crippen LogP contribution in [0.2, 0.25) is 0 Å². The molecule has 0 fully saturated rings. The fraction of sp³-hybridized carbons (Fsp3) is 0.160. The SMILES string of the molecule is OC1c2cc(SOc3ccc4ccccc4n3)ccc2OCC1Cc1ccccc1. The first-order valence-electron chi connectivity index (χ1n) is 9.95. The van der Waals surface area contributed by atoms with Crippen molar-refractivity contribution in [3.05, 3.63) is 96.1 Å². The molecule has 0 amide bonds. The van der Waals surface area contributed by atoms with Crippen molar-refractivity contribution in [1.29, 1.82) is 0 Å². The molecule has 150 valence electrons. The van der Waals surface area contributed by atoms with E-state index in [9.17, 15) is 5.11 Å². The van der Waals surface area contributed by atoms with Crippen molar-refractivity contribution in [3.63, 3.8) is 0 Å². The number of aliphatic hydroxyl groups excluding tert-OH is 1. The predicted octanol–water partition coefficient (Wildman–Crippen LogP) is 5.61. The van der Waals surface area contributed by atoms with Gasteiger partial charge in [0, 0.05) is 27.8 Å². The number of nitrogens with zero attached hydrogens (tertiary/aromatic N) is 1. The van der Waals surface area contributed by atoms with Gasteiger partial charge >= 0.3 is 0 Å². The maximum atomic E-state index is 11.0. The zero-order valence-electron chi connectivity index (χ0n) is 16.3. The van der Waals surface area contributed by atoms with Crippen LogP contribution in [0.4, 0.5) is 0 Å². The van der Waals surface area contributed by atoms with Gasteiger partial charge in [-0.3, -0.25) is 0 Å². The normalized spacial score (nSPS) is 17.9. The van der Waals surface area contributed by atoms with Gasteiger partial charge < -0.3 is 14.0 Å². The number of pyridine rings is 1. The van der Waals surface area contributed by atoms with Crippen LogP contribution < -0.4 is 8.92 Å². The van der Waals surface area contributed by atoms with Crippen LogP contribution >= 0.6 is 12.0 Å². The van der Waals surface area contributed by atoms with Crippen molar-refractivity contribution in [2.45, 2.75) is 17.4 Å². The van der Waals surface area contributed by atoms with Crippen LogP contribution in [-0.2, 0) is 6.42 Å². The van der Waals surface area contributed by atoms with Gasteiger partial charge in [0.1, 0.15) is 5.75 Å². The van der Waals surface area contributed by atoms with Gasteiger partial charge in [-0.1, -0.05) is 48.5 Å². The summed E-state index contributed by atoms with van der Waals surface area (Å²) in [5, 5.41) is 12.0. The summed E-state index contributed by atoms with van der Waals surface area (Å²) in [4.78, 5) is 5.43. The van der Waals surface area contributed by atoms with E-state index in [4.69, 9.17) is 8.92 Å². The Labute approximate surface area is 179 Å². The summed E-state index contributed by atoms with van der Waals surface area (Å²) in [6.45, 7) is 0.507. The smallest absolute Gasteiger partial charge is 0.228 e. The number of aromatic nitrogens is 1. The molecule has 5 rings (SSSR count). The fourth-order valence-corrected chi connectivity index (χ4v) is 4.33. The van der Waals surface area contributed by atoms with Crippen molar-refractivity contribution in [2.24, 2.45) is 5.92 Å². The summed E-state index contributed by atoms with van der Waals surface area (Å²) in [6, 6.07) is 27.8. The van der Waals surface area contributed by atoms with Crippen LogP contribution in [0.15, 0.2) is 89.8 Å². The van der Waals surface area contributed by atoms with Crippen molar-refractivity contribution in [2.75, 3.05) is 6.61 Å². The first kappa shape index (κ1) is 19.0. The molecule has 0 saturated heterocycles. The monoisotopic (exact) mass is 415 g/mol. The number of rotatable bonds is 5. The van der Waals surface area contributed by atoms with E-state index in [2.05, 4.69) is 17.1 Å². The topological polar surface area (TPSA) is 51.6 Å². The zero-order chi connectivity index (χ0) is 20.3. The third-order valence-corrected chi connectivity index (χ3v) is 6.04. The molecule has 1 aliphatic heterocycles. The summed E-state index contributed by atoms with van der Waals surface area (Å²) in [5.74, 6) is 1.30. The van der Waals surface area contributed by atoms with Crippen LogP contribution in [0.5, 0.6) is 11.6 Å². The number of ether oxygens (including phenoxy) is 1. The molecular formula is C25H21NO3S. The van der Waals surface area contributed by atoms with Gasteiger partial charge in [-0.05, 0) is 42.3 Å². The Morgan fingerprint density at radius 1 is 0.967 bits per heavy atom. The lowest BCUT2D eigenvalue weighted by molar-refractivity contribution is 0.0505. The van der Waals surface area contributed by atoms with E-state index in [-0.39, 0.29) is 5.92 Å². The highest BCUT2D eigenvalue weighted by molar-refractivity contribution is 7.95. The molecule has 1 aliphatic rings. The molecule has 2 heterocycles. The van der Waals surface area contributed by atoms with E-state index in [1.165, 1.54) is 17.6 Å². The average molecular weight is 416 g/mol. The Morgan fingerprint density at radius 3 is 2.70 bits per heavy atom. The number of fused-ring (bicyclic) bond motifs is 2. The molecule has 3 aromatic carbocycles. The van der Waals surface area contributed by atoms with E-state index in [0.29, 0.717) is 12.5 Å². The molecule has 0 bridgehead atoms. The highest BCUT2D eigenvalue weighted by atomic mass is 32.2. The molecule has 0 spiro atoms. The van der Waals surface area contributed by atoms with Gasteiger partial charge in [0.2, 0.25) is 5.88 Å². The third-order valence-electron chi connectivity index (χ3n) is 5.34. The molecule has 0 aliphatic carbocycles. The maximum Gasteiger partial charge on any atom is 0.228 e. The predicted molar refractivity (Wildman–Crippen MR) is 119 cm³/mol. The summed E-state index contributed by atoms with van der Waals surface area (Å²) in [7, 11) is 0. The van der Waals surface area contributed by atoms with Gasteiger partial charge in [0.05, 0.1) is 30.3 Å². The molecule has 4 nitrogen and oxygen atoms in total. The highest BCUT2D eigenvalue weighted by Gasteiger charge is 2.30. The van der Waals surface area contributed by atoms with E-state index in [1.807, 2.05) is 72.8 Å². The molecule has 0 saturated carbocycles. The van der Waals surface area contributed by atoms with E-state index in [1.54, 1.807) is 0 Å². The number of aliphatic hydroxyl groups is 1. The van der Waals surface area contributed by atoms with Gasteiger partial charge in [-0.15, -0.1) is 0 Å². The minimum atomic E-state index is -0.576. The van der Waals surface area contributed by atoms with Crippen LogP contribution in [0.1, 0.15) is 17.2 Å². The standard InChI is InChI=1S/C25H21NO3S/c27-25-19(14-17-6-2-1-3-7-17)16-28-23-12-11-20(15-21(23)25)30-29-24-13-10-18-8-4-5-9-22(18)26-24/h1-13,15,19,25,27H,14,16H2. The average Bonchev–Trinajstić information content (AvgIpc) is 2.80. The minimum absolute atomic E-state index is 0.0169. The summed E-state index contributed by atoms with van der Waals surface area (Å²) < 4.78 is 11.8. The van der Waals surface area contributed by atoms with Crippen molar-refractivity contribution in [3.8, 4) is 11.6 Å². The van der Waals surface area contributed by atoms with Crippen LogP contribution in [0.3, 0.4) is 0 Å². The Kier molecular flexibility index (Phi) is 5.30. The van der Waals surface area contributed by atoms with E-state index >= 15 is 0 Å². The molecule has 0 radical (unpaired) electrons. The Hall–Kier alpha value is -3.02. The Bertz CT molecular complexity index is 1170. The Balaban J connectivity index is 1.30. The van der Waals surface area contributed by atoms with E-state index < -0.39 is 6.10 Å². The minimum Gasteiger partial charge on any atom is -0.493 e.